The maximum Gasteiger partial charge on any atom is 0.122 e. The van der Waals surface area contributed by atoms with Gasteiger partial charge in [0, 0.05) is 11.6 Å². The Morgan fingerprint density at radius 1 is 0.833 bits per heavy atom. The Bertz CT molecular complexity index is 659. The fourth-order valence-corrected chi connectivity index (χ4v) is 2.15. The lowest BCUT2D eigenvalue weighted by Crippen LogP contribution is -2.02. The molecule has 0 fully saturated rings. The first kappa shape index (κ1) is 10.9. The molecule has 0 saturated carbocycles. The van der Waals surface area contributed by atoms with Gasteiger partial charge in [0.2, 0.25) is 0 Å². The number of aliphatic hydroxyl groups is 1. The molecule has 1 aromatic heterocycles. The molecule has 2 aromatic carbocycles. The molecule has 88 valence electrons. The van der Waals surface area contributed by atoms with Crippen molar-refractivity contribution in [3.05, 3.63) is 78.1 Å². The molecule has 0 bridgehead atoms. The minimum absolute atomic E-state index is 0.683. The van der Waals surface area contributed by atoms with Crippen LogP contribution in [0.5, 0.6) is 0 Å². The monoisotopic (exact) mass is 235 g/mol. The van der Waals surface area contributed by atoms with Gasteiger partial charge < -0.3 is 5.11 Å². The number of benzene rings is 2. The Balaban J connectivity index is 2.15. The van der Waals surface area contributed by atoms with Crippen LogP contribution in [-0.2, 0) is 0 Å². The van der Waals surface area contributed by atoms with Gasteiger partial charge in [-0.05, 0) is 17.0 Å². The summed E-state index contributed by atoms with van der Waals surface area (Å²) in [6, 6.07) is 19.5. The molecule has 0 radical (unpaired) electrons. The third kappa shape index (κ3) is 1.87. The average molecular weight is 235 g/mol. The number of aromatic nitrogens is 1. The van der Waals surface area contributed by atoms with Crippen molar-refractivity contribution in [1.29, 1.82) is 0 Å². The van der Waals surface area contributed by atoms with E-state index in [4.69, 9.17) is 0 Å². The topological polar surface area (TPSA) is 33.1 Å². The zero-order valence-electron chi connectivity index (χ0n) is 9.82. The van der Waals surface area contributed by atoms with E-state index in [1.807, 2.05) is 60.7 Å². The van der Waals surface area contributed by atoms with Crippen molar-refractivity contribution in [1.82, 2.24) is 4.98 Å². The van der Waals surface area contributed by atoms with Crippen molar-refractivity contribution in [3.63, 3.8) is 0 Å². The molecule has 0 amide bonds. The highest BCUT2D eigenvalue weighted by molar-refractivity contribution is 5.84. The standard InChI is InChI=1S/C16H13NO/c18-16(13-7-2-1-3-8-13)15-14-9-5-4-6-12(14)10-11-17-15/h1-11,16,18H/t16-/m1/s1. The first-order valence-electron chi connectivity index (χ1n) is 5.93. The van der Waals surface area contributed by atoms with Crippen LogP contribution in [0, 0.1) is 0 Å². The van der Waals surface area contributed by atoms with Gasteiger partial charge in [-0.1, -0.05) is 54.6 Å². The maximum atomic E-state index is 10.4. The third-order valence-electron chi connectivity index (χ3n) is 3.08. The van der Waals surface area contributed by atoms with Gasteiger partial charge in [-0.15, -0.1) is 0 Å². The third-order valence-corrected chi connectivity index (χ3v) is 3.08. The quantitative estimate of drug-likeness (QED) is 0.739. The minimum atomic E-state index is -0.683. The zero-order valence-corrected chi connectivity index (χ0v) is 9.82. The number of aliphatic hydroxyl groups excluding tert-OH is 1. The van der Waals surface area contributed by atoms with Crippen LogP contribution in [0.1, 0.15) is 17.4 Å². The molecule has 0 spiro atoms. The lowest BCUT2D eigenvalue weighted by Gasteiger charge is -2.12. The second-order valence-corrected chi connectivity index (χ2v) is 4.23. The SMILES string of the molecule is O[C@H](c1ccccc1)c1nccc2ccccc12. The summed E-state index contributed by atoms with van der Waals surface area (Å²) < 4.78 is 0. The number of pyridine rings is 1. The average Bonchev–Trinajstić information content (AvgIpc) is 2.47. The normalized spacial score (nSPS) is 12.5. The van der Waals surface area contributed by atoms with E-state index in [0.29, 0.717) is 5.69 Å². The number of rotatable bonds is 2. The van der Waals surface area contributed by atoms with E-state index in [9.17, 15) is 5.11 Å². The molecule has 0 unspecified atom stereocenters. The van der Waals surface area contributed by atoms with Crippen molar-refractivity contribution in [2.24, 2.45) is 0 Å². The molecule has 3 rings (SSSR count). The molecular weight excluding hydrogens is 222 g/mol. The van der Waals surface area contributed by atoms with Gasteiger partial charge >= 0.3 is 0 Å². The summed E-state index contributed by atoms with van der Waals surface area (Å²) >= 11 is 0. The van der Waals surface area contributed by atoms with Crippen LogP contribution in [-0.4, -0.2) is 10.1 Å². The van der Waals surface area contributed by atoms with Crippen molar-refractivity contribution in [2.45, 2.75) is 6.10 Å². The molecular formula is C16H13NO. The highest BCUT2D eigenvalue weighted by Gasteiger charge is 2.14. The van der Waals surface area contributed by atoms with Crippen LogP contribution in [0.4, 0.5) is 0 Å². The van der Waals surface area contributed by atoms with Crippen LogP contribution in [0.3, 0.4) is 0 Å². The molecule has 0 aliphatic carbocycles. The summed E-state index contributed by atoms with van der Waals surface area (Å²) in [6.07, 6.45) is 1.06. The van der Waals surface area contributed by atoms with E-state index in [1.54, 1.807) is 6.20 Å². The molecule has 1 atom stereocenters. The van der Waals surface area contributed by atoms with E-state index >= 15 is 0 Å². The largest absolute Gasteiger partial charge is 0.382 e. The highest BCUT2D eigenvalue weighted by Crippen LogP contribution is 2.26. The summed E-state index contributed by atoms with van der Waals surface area (Å²) in [7, 11) is 0. The smallest absolute Gasteiger partial charge is 0.122 e. The van der Waals surface area contributed by atoms with Gasteiger partial charge in [0.25, 0.3) is 0 Å². The second-order valence-electron chi connectivity index (χ2n) is 4.23. The molecule has 2 nitrogen and oxygen atoms in total. The Hall–Kier alpha value is -2.19. The predicted molar refractivity (Wildman–Crippen MR) is 72.2 cm³/mol. The lowest BCUT2D eigenvalue weighted by molar-refractivity contribution is 0.217. The number of nitrogens with zero attached hydrogens (tertiary/aromatic N) is 1. The molecule has 1 N–H and O–H groups in total. The minimum Gasteiger partial charge on any atom is -0.382 e. The van der Waals surface area contributed by atoms with Gasteiger partial charge in [-0.25, -0.2) is 0 Å². The number of hydrogen-bond acceptors (Lipinski definition) is 2. The maximum absolute atomic E-state index is 10.4. The van der Waals surface area contributed by atoms with E-state index in [2.05, 4.69) is 4.98 Å². The summed E-state index contributed by atoms with van der Waals surface area (Å²) in [5, 5.41) is 12.5. The first-order chi connectivity index (χ1) is 8.86. The van der Waals surface area contributed by atoms with Crippen molar-refractivity contribution < 1.29 is 5.11 Å². The van der Waals surface area contributed by atoms with E-state index in [-0.39, 0.29) is 0 Å². The predicted octanol–water partition coefficient (Wildman–Crippen LogP) is 3.32. The molecule has 0 aliphatic rings. The van der Waals surface area contributed by atoms with Crippen LogP contribution in [0.2, 0.25) is 0 Å². The molecule has 2 heteroatoms. The fraction of sp³-hybridized carbons (Fsp3) is 0.0625. The van der Waals surface area contributed by atoms with E-state index < -0.39 is 6.10 Å². The molecule has 0 saturated heterocycles. The Labute approximate surface area is 106 Å². The molecule has 3 aromatic rings. The number of fused-ring (bicyclic) bond motifs is 1. The van der Waals surface area contributed by atoms with Crippen LogP contribution >= 0.6 is 0 Å². The van der Waals surface area contributed by atoms with Gasteiger partial charge in [-0.2, -0.15) is 0 Å². The number of hydrogen-bond donors (Lipinski definition) is 1. The van der Waals surface area contributed by atoms with Crippen molar-refractivity contribution in [2.75, 3.05) is 0 Å². The first-order valence-corrected chi connectivity index (χ1v) is 5.93. The van der Waals surface area contributed by atoms with Gasteiger partial charge in [0.15, 0.2) is 0 Å². The van der Waals surface area contributed by atoms with Crippen LogP contribution < -0.4 is 0 Å². The van der Waals surface area contributed by atoms with Gasteiger partial charge in [-0.3, -0.25) is 4.98 Å². The van der Waals surface area contributed by atoms with Crippen LogP contribution in [0.25, 0.3) is 10.8 Å². The Morgan fingerprint density at radius 2 is 1.56 bits per heavy atom. The van der Waals surface area contributed by atoms with Gasteiger partial charge in [0.1, 0.15) is 6.10 Å². The van der Waals surface area contributed by atoms with E-state index in [1.165, 1.54) is 0 Å². The molecule has 1 heterocycles. The lowest BCUT2D eigenvalue weighted by atomic mass is 10.0. The van der Waals surface area contributed by atoms with Gasteiger partial charge in [0.05, 0.1) is 5.69 Å². The Morgan fingerprint density at radius 3 is 2.39 bits per heavy atom. The Kier molecular flexibility index (Phi) is 2.79. The van der Waals surface area contributed by atoms with E-state index in [0.717, 1.165) is 16.3 Å². The summed E-state index contributed by atoms with van der Waals surface area (Å²) in [6.45, 7) is 0. The summed E-state index contributed by atoms with van der Waals surface area (Å²) in [5.41, 5.74) is 1.57. The second kappa shape index (κ2) is 4.59. The fourth-order valence-electron chi connectivity index (χ4n) is 2.15. The zero-order chi connectivity index (χ0) is 12.4. The summed E-state index contributed by atoms with van der Waals surface area (Å²) in [4.78, 5) is 4.33. The summed E-state index contributed by atoms with van der Waals surface area (Å²) in [5.74, 6) is 0. The van der Waals surface area contributed by atoms with Crippen molar-refractivity contribution in [3.8, 4) is 0 Å². The van der Waals surface area contributed by atoms with Crippen molar-refractivity contribution >= 4 is 10.8 Å². The molecule has 0 aliphatic heterocycles. The molecule has 18 heavy (non-hydrogen) atoms. The van der Waals surface area contributed by atoms with Crippen LogP contribution in [0.15, 0.2) is 66.9 Å². The highest BCUT2D eigenvalue weighted by atomic mass is 16.3.